The highest BCUT2D eigenvalue weighted by molar-refractivity contribution is 5.22. The molecule has 3 heteroatoms. The van der Waals surface area contributed by atoms with Gasteiger partial charge in [0.05, 0.1) is 6.07 Å². The number of hydrogen-bond acceptors (Lipinski definition) is 1. The number of benzene rings is 1. The van der Waals surface area contributed by atoms with E-state index in [1.54, 1.807) is 12.1 Å². The van der Waals surface area contributed by atoms with Crippen molar-refractivity contribution in [2.45, 2.75) is 83.0 Å². The van der Waals surface area contributed by atoms with Crippen LogP contribution in [0.25, 0.3) is 0 Å². The molecule has 0 amide bonds. The molecule has 0 N–H and O–H groups in total. The Morgan fingerprint density at radius 2 is 1.39 bits per heavy atom. The lowest BCUT2D eigenvalue weighted by Gasteiger charge is -2.32. The second kappa shape index (κ2) is 10.7. The molecule has 0 bridgehead atoms. The monoisotopic (exact) mass is 385 g/mol. The molecule has 0 unspecified atom stereocenters. The van der Waals surface area contributed by atoms with Crippen LogP contribution < -0.4 is 0 Å². The molecule has 1 nitrogen and oxygen atoms in total. The van der Waals surface area contributed by atoms with E-state index in [-0.39, 0.29) is 0 Å². The third-order valence-electron chi connectivity index (χ3n) is 7.15. The summed E-state index contributed by atoms with van der Waals surface area (Å²) < 4.78 is 26.6. The summed E-state index contributed by atoms with van der Waals surface area (Å²) in [5.41, 5.74) is 0.972. The first-order chi connectivity index (χ1) is 13.7. The Hall–Kier alpha value is -1.69. The molecule has 1 aromatic rings. The highest BCUT2D eigenvalue weighted by Crippen LogP contribution is 2.40. The maximum absolute atomic E-state index is 13.5. The zero-order chi connectivity index (χ0) is 19.8. The number of rotatable bonds is 7. The highest BCUT2D eigenvalue weighted by atomic mass is 19.2. The third kappa shape index (κ3) is 6.16. The maximum Gasteiger partial charge on any atom is 0.159 e. The molecular formula is C25H33F2N. The van der Waals surface area contributed by atoms with Crippen LogP contribution >= 0.6 is 0 Å². The zero-order valence-corrected chi connectivity index (χ0v) is 16.9. The highest BCUT2D eigenvalue weighted by Gasteiger charge is 2.25. The summed E-state index contributed by atoms with van der Waals surface area (Å²) in [5.74, 6) is 1.51. The lowest BCUT2D eigenvalue weighted by atomic mass is 9.74. The molecule has 2 saturated carbocycles. The van der Waals surface area contributed by atoms with Crippen molar-refractivity contribution >= 4 is 0 Å². The standard InChI is InChI=1S/C25H33F2N/c26-24-16-15-23(18-25(24)27)22-13-11-21(12-14-22)10-9-20-7-5-19(6-8-20)4-2-1-3-17-28/h1,3,15-16,18-22H,2,4-14H2/b3-1+/t19-,20-,21-,22-. The minimum absolute atomic E-state index is 0.400. The van der Waals surface area contributed by atoms with Gasteiger partial charge in [-0.1, -0.05) is 50.7 Å². The van der Waals surface area contributed by atoms with Crippen LogP contribution in [-0.4, -0.2) is 0 Å². The minimum Gasteiger partial charge on any atom is -0.204 e. The van der Waals surface area contributed by atoms with Gasteiger partial charge in [-0.05, 0) is 79.9 Å². The third-order valence-corrected chi connectivity index (χ3v) is 7.15. The Bertz CT molecular complexity index is 674. The van der Waals surface area contributed by atoms with E-state index < -0.39 is 11.6 Å². The van der Waals surface area contributed by atoms with Gasteiger partial charge < -0.3 is 0 Å². The lowest BCUT2D eigenvalue weighted by Crippen LogP contribution is -2.18. The van der Waals surface area contributed by atoms with E-state index in [1.807, 2.05) is 6.08 Å². The number of allylic oxidation sites excluding steroid dienone is 2. The van der Waals surface area contributed by atoms with Gasteiger partial charge in [0.1, 0.15) is 0 Å². The van der Waals surface area contributed by atoms with Crippen LogP contribution in [0.2, 0.25) is 0 Å². The van der Waals surface area contributed by atoms with Crippen molar-refractivity contribution in [3.05, 3.63) is 47.5 Å². The Morgan fingerprint density at radius 1 is 0.821 bits per heavy atom. The van der Waals surface area contributed by atoms with Crippen LogP contribution in [-0.2, 0) is 0 Å². The van der Waals surface area contributed by atoms with Crippen molar-refractivity contribution < 1.29 is 8.78 Å². The van der Waals surface area contributed by atoms with Gasteiger partial charge in [0, 0.05) is 6.08 Å². The van der Waals surface area contributed by atoms with E-state index in [2.05, 4.69) is 6.07 Å². The second-order valence-corrected chi connectivity index (χ2v) is 8.96. The molecule has 0 spiro atoms. The molecule has 0 atom stereocenters. The van der Waals surface area contributed by atoms with Gasteiger partial charge in [0.25, 0.3) is 0 Å². The van der Waals surface area contributed by atoms with Gasteiger partial charge in [0.15, 0.2) is 11.6 Å². The van der Waals surface area contributed by atoms with E-state index in [1.165, 1.54) is 69.9 Å². The fourth-order valence-corrected chi connectivity index (χ4v) is 5.30. The fourth-order valence-electron chi connectivity index (χ4n) is 5.30. The largest absolute Gasteiger partial charge is 0.204 e. The summed E-state index contributed by atoms with van der Waals surface area (Å²) in [4.78, 5) is 0. The molecule has 152 valence electrons. The first-order valence-electron chi connectivity index (χ1n) is 11.1. The van der Waals surface area contributed by atoms with E-state index >= 15 is 0 Å². The van der Waals surface area contributed by atoms with Crippen molar-refractivity contribution in [2.75, 3.05) is 0 Å². The van der Waals surface area contributed by atoms with Crippen LogP contribution in [0.1, 0.15) is 88.5 Å². The van der Waals surface area contributed by atoms with Crippen LogP contribution in [0.3, 0.4) is 0 Å². The summed E-state index contributed by atoms with van der Waals surface area (Å²) in [6, 6.07) is 6.49. The lowest BCUT2D eigenvalue weighted by molar-refractivity contribution is 0.225. The topological polar surface area (TPSA) is 23.8 Å². The van der Waals surface area contributed by atoms with Gasteiger partial charge in [-0.15, -0.1) is 0 Å². The molecule has 3 rings (SSSR count). The Balaban J connectivity index is 1.32. The van der Waals surface area contributed by atoms with Crippen LogP contribution in [0.15, 0.2) is 30.4 Å². The Kier molecular flexibility index (Phi) is 8.07. The van der Waals surface area contributed by atoms with E-state index in [9.17, 15) is 8.78 Å². The van der Waals surface area contributed by atoms with Crippen LogP contribution in [0.5, 0.6) is 0 Å². The van der Waals surface area contributed by atoms with Gasteiger partial charge in [-0.3, -0.25) is 0 Å². The SMILES string of the molecule is N#C/C=C/CC[C@H]1CC[C@H](CC[C@H]2CC[C@H](c3ccc(F)c(F)c3)CC2)CC1. The van der Waals surface area contributed by atoms with Gasteiger partial charge in [0.2, 0.25) is 0 Å². The number of nitriles is 1. The molecular weight excluding hydrogens is 352 g/mol. The smallest absolute Gasteiger partial charge is 0.159 e. The molecule has 0 aliphatic heterocycles. The molecule has 2 aliphatic carbocycles. The minimum atomic E-state index is -0.745. The van der Waals surface area contributed by atoms with Crippen molar-refractivity contribution in [3.63, 3.8) is 0 Å². The molecule has 2 aliphatic rings. The Morgan fingerprint density at radius 3 is 1.96 bits per heavy atom. The molecule has 0 heterocycles. The van der Waals surface area contributed by atoms with E-state index in [0.717, 1.165) is 42.6 Å². The zero-order valence-electron chi connectivity index (χ0n) is 16.9. The van der Waals surface area contributed by atoms with Gasteiger partial charge in [-0.2, -0.15) is 5.26 Å². The van der Waals surface area contributed by atoms with Crippen molar-refractivity contribution in [1.29, 1.82) is 5.26 Å². The first kappa shape index (κ1) is 21.0. The summed E-state index contributed by atoms with van der Waals surface area (Å²) >= 11 is 0. The Labute approximate surface area is 168 Å². The predicted molar refractivity (Wildman–Crippen MR) is 110 cm³/mol. The average molecular weight is 386 g/mol. The van der Waals surface area contributed by atoms with Crippen molar-refractivity contribution in [3.8, 4) is 6.07 Å². The number of hydrogen-bond donors (Lipinski definition) is 0. The summed E-state index contributed by atoms with van der Waals surface area (Å²) in [6.07, 6.45) is 18.7. The normalized spacial score (nSPS) is 28.3. The van der Waals surface area contributed by atoms with Gasteiger partial charge in [-0.25, -0.2) is 8.78 Å². The molecule has 0 aromatic heterocycles. The van der Waals surface area contributed by atoms with Gasteiger partial charge >= 0.3 is 0 Å². The first-order valence-corrected chi connectivity index (χ1v) is 11.1. The molecule has 2 fully saturated rings. The number of nitrogens with zero attached hydrogens (tertiary/aromatic N) is 1. The molecule has 0 saturated heterocycles. The summed E-state index contributed by atoms with van der Waals surface area (Å²) in [6.45, 7) is 0. The van der Waals surface area contributed by atoms with E-state index in [0.29, 0.717) is 5.92 Å². The average Bonchev–Trinajstić information content (AvgIpc) is 2.73. The maximum atomic E-state index is 13.5. The predicted octanol–water partition coefficient (Wildman–Crippen LogP) is 7.69. The quantitative estimate of drug-likeness (QED) is 0.441. The molecule has 0 radical (unpaired) electrons. The van der Waals surface area contributed by atoms with E-state index in [4.69, 9.17) is 5.26 Å². The number of halogens is 2. The summed E-state index contributed by atoms with van der Waals surface area (Å²) in [7, 11) is 0. The van der Waals surface area contributed by atoms with Crippen LogP contribution in [0.4, 0.5) is 8.78 Å². The fraction of sp³-hybridized carbons (Fsp3) is 0.640. The summed E-state index contributed by atoms with van der Waals surface area (Å²) in [5, 5.41) is 8.53. The van der Waals surface area contributed by atoms with Crippen molar-refractivity contribution in [2.24, 2.45) is 17.8 Å². The van der Waals surface area contributed by atoms with Crippen molar-refractivity contribution in [1.82, 2.24) is 0 Å². The van der Waals surface area contributed by atoms with Crippen LogP contribution in [0, 0.1) is 40.7 Å². The molecule has 1 aromatic carbocycles. The molecule has 28 heavy (non-hydrogen) atoms. The second-order valence-electron chi connectivity index (χ2n) is 8.96.